The number of carbonyl (C=O) groups is 1. The number of carbonyl (C=O) groups excluding carboxylic acids is 1. The maximum atomic E-state index is 11.8. The molecule has 0 radical (unpaired) electrons. The van der Waals surface area contributed by atoms with Gasteiger partial charge in [0, 0.05) is 26.2 Å². The van der Waals surface area contributed by atoms with Gasteiger partial charge in [0.25, 0.3) is 5.91 Å². The Bertz CT molecular complexity index is 487. The van der Waals surface area contributed by atoms with Gasteiger partial charge in [0.05, 0.1) is 0 Å². The van der Waals surface area contributed by atoms with Gasteiger partial charge in [0.15, 0.2) is 0 Å². The highest BCUT2D eigenvalue weighted by Crippen LogP contribution is 2.39. The highest BCUT2D eigenvalue weighted by Gasteiger charge is 2.29. The number of rotatable bonds is 5. The first kappa shape index (κ1) is 12.3. The summed E-state index contributed by atoms with van der Waals surface area (Å²) < 4.78 is 5.32. The normalized spacial score (nSPS) is 15.3. The summed E-state index contributed by atoms with van der Waals surface area (Å²) in [6, 6.07) is 0.0928. The average molecular weight is 249 g/mol. The maximum Gasteiger partial charge on any atom is 0.322 e. The summed E-state index contributed by atoms with van der Waals surface area (Å²) in [5.41, 5.74) is 0.186. The summed E-state index contributed by atoms with van der Waals surface area (Å²) in [6.45, 7) is 3.35. The maximum absolute atomic E-state index is 11.8. The van der Waals surface area contributed by atoms with Gasteiger partial charge < -0.3 is 9.32 Å². The smallest absolute Gasteiger partial charge is 0.322 e. The molecule has 1 saturated carbocycles. The lowest BCUT2D eigenvalue weighted by molar-refractivity contribution is -0.113. The Morgan fingerprint density at radius 3 is 2.83 bits per heavy atom. The van der Waals surface area contributed by atoms with Gasteiger partial charge in [0.1, 0.15) is 5.70 Å². The Labute approximate surface area is 105 Å². The Hall–Kier alpha value is -2.18. The highest BCUT2D eigenvalue weighted by atomic mass is 16.4. The predicted molar refractivity (Wildman–Crippen MR) is 66.2 cm³/mol. The molecule has 0 aromatic carbocycles. The van der Waals surface area contributed by atoms with Gasteiger partial charge >= 0.3 is 6.01 Å². The number of amides is 1. The van der Waals surface area contributed by atoms with Gasteiger partial charge in [-0.3, -0.25) is 15.1 Å². The number of anilines is 1. The molecule has 0 unspecified atom stereocenters. The molecular weight excluding hydrogens is 234 g/mol. The van der Waals surface area contributed by atoms with Crippen molar-refractivity contribution in [1.82, 2.24) is 15.1 Å². The van der Waals surface area contributed by atoms with Crippen LogP contribution in [-0.2, 0) is 4.79 Å². The quantitative estimate of drug-likeness (QED) is 0.621. The monoisotopic (exact) mass is 249 g/mol. The van der Waals surface area contributed by atoms with Crippen LogP contribution in [0.1, 0.15) is 24.7 Å². The van der Waals surface area contributed by atoms with Crippen LogP contribution in [0, 0.1) is 0 Å². The molecule has 0 aliphatic heterocycles. The van der Waals surface area contributed by atoms with Crippen molar-refractivity contribution in [2.45, 2.75) is 18.8 Å². The van der Waals surface area contributed by atoms with E-state index < -0.39 is 5.91 Å². The number of aromatic nitrogens is 2. The first-order valence-corrected chi connectivity index (χ1v) is 5.60. The standard InChI is InChI=1S/C11H15N5O2/c1-12-8(6-16(2)3)9(17)13-11-15-14-10(18-11)7-4-5-7/h6-7H,1,4-5H2,2-3H3,(H,13,15,17)/b8-6-. The summed E-state index contributed by atoms with van der Waals surface area (Å²) in [5.74, 6) is 0.511. The fraction of sp³-hybridized carbons (Fsp3) is 0.455. The zero-order valence-electron chi connectivity index (χ0n) is 10.4. The van der Waals surface area contributed by atoms with Crippen molar-refractivity contribution in [3.05, 3.63) is 17.8 Å². The van der Waals surface area contributed by atoms with Crippen molar-refractivity contribution in [2.24, 2.45) is 4.99 Å². The van der Waals surface area contributed by atoms with Crippen LogP contribution in [0.25, 0.3) is 0 Å². The largest absolute Gasteiger partial charge is 0.408 e. The SMILES string of the molecule is C=N/C(=C\N(C)C)C(=O)Nc1nnc(C2CC2)o1. The van der Waals surface area contributed by atoms with Gasteiger partial charge in [-0.2, -0.15) is 0 Å². The summed E-state index contributed by atoms with van der Waals surface area (Å²) in [6.07, 6.45) is 3.69. The molecule has 1 N–H and O–H groups in total. The van der Waals surface area contributed by atoms with Crippen LogP contribution < -0.4 is 5.32 Å². The highest BCUT2D eigenvalue weighted by molar-refractivity contribution is 6.02. The molecule has 0 bridgehead atoms. The van der Waals surface area contributed by atoms with Crippen LogP contribution in [0.3, 0.4) is 0 Å². The second kappa shape index (κ2) is 4.99. The van der Waals surface area contributed by atoms with Crippen LogP contribution in [0.15, 0.2) is 21.3 Å². The minimum atomic E-state index is -0.426. The van der Waals surface area contributed by atoms with Gasteiger partial charge in [-0.05, 0) is 19.6 Å². The molecule has 1 amide bonds. The third kappa shape index (κ3) is 2.93. The first-order valence-electron chi connectivity index (χ1n) is 5.60. The number of hydrogen-bond donors (Lipinski definition) is 1. The van der Waals surface area contributed by atoms with Crippen molar-refractivity contribution in [1.29, 1.82) is 0 Å². The van der Waals surface area contributed by atoms with E-state index in [4.69, 9.17) is 4.42 Å². The van der Waals surface area contributed by atoms with E-state index in [1.807, 2.05) is 0 Å². The van der Waals surface area contributed by atoms with Crippen molar-refractivity contribution in [3.8, 4) is 0 Å². The summed E-state index contributed by atoms with van der Waals surface area (Å²) in [5, 5.41) is 10.1. The Balaban J connectivity index is 2.02. The van der Waals surface area contributed by atoms with Gasteiger partial charge in [0.2, 0.25) is 5.89 Å². The van der Waals surface area contributed by atoms with E-state index in [0.717, 1.165) is 12.8 Å². The first-order chi connectivity index (χ1) is 8.60. The van der Waals surface area contributed by atoms with E-state index in [9.17, 15) is 4.79 Å². The Kier molecular flexibility index (Phi) is 3.40. The molecule has 1 aromatic heterocycles. The Morgan fingerprint density at radius 1 is 1.56 bits per heavy atom. The van der Waals surface area contributed by atoms with Crippen LogP contribution in [0.2, 0.25) is 0 Å². The minimum absolute atomic E-state index is 0.0928. The molecule has 0 saturated heterocycles. The molecule has 2 rings (SSSR count). The molecule has 7 heteroatoms. The summed E-state index contributed by atoms with van der Waals surface area (Å²) in [7, 11) is 3.58. The second-order valence-corrected chi connectivity index (χ2v) is 4.31. The molecular formula is C11H15N5O2. The molecule has 0 spiro atoms. The Morgan fingerprint density at radius 2 is 2.28 bits per heavy atom. The molecule has 1 heterocycles. The topological polar surface area (TPSA) is 83.6 Å². The average Bonchev–Trinajstić information content (AvgIpc) is 3.07. The third-order valence-corrected chi connectivity index (χ3v) is 2.37. The fourth-order valence-corrected chi connectivity index (χ4v) is 1.36. The van der Waals surface area contributed by atoms with Gasteiger partial charge in [-0.15, -0.1) is 5.10 Å². The molecule has 1 aliphatic carbocycles. The van der Waals surface area contributed by atoms with E-state index in [0.29, 0.717) is 11.8 Å². The van der Waals surface area contributed by atoms with E-state index >= 15 is 0 Å². The van der Waals surface area contributed by atoms with Gasteiger partial charge in [-0.25, -0.2) is 0 Å². The molecule has 1 aliphatic rings. The summed E-state index contributed by atoms with van der Waals surface area (Å²) >= 11 is 0. The van der Waals surface area contributed by atoms with Crippen LogP contribution in [0.5, 0.6) is 0 Å². The van der Waals surface area contributed by atoms with Crippen LogP contribution in [0.4, 0.5) is 6.01 Å². The number of aliphatic imine (C=N–C) groups is 1. The predicted octanol–water partition coefficient (Wildman–Crippen LogP) is 0.989. The van der Waals surface area contributed by atoms with E-state index in [-0.39, 0.29) is 11.7 Å². The number of nitrogens with zero attached hydrogens (tertiary/aromatic N) is 4. The lowest BCUT2D eigenvalue weighted by Crippen LogP contribution is -2.16. The number of hydrogen-bond acceptors (Lipinski definition) is 6. The zero-order valence-corrected chi connectivity index (χ0v) is 10.4. The van der Waals surface area contributed by atoms with E-state index in [1.165, 1.54) is 0 Å². The summed E-state index contributed by atoms with van der Waals surface area (Å²) in [4.78, 5) is 17.2. The second-order valence-electron chi connectivity index (χ2n) is 4.31. The molecule has 1 fully saturated rings. The van der Waals surface area contributed by atoms with Crippen molar-refractivity contribution >= 4 is 18.6 Å². The lowest BCUT2D eigenvalue weighted by atomic mass is 10.4. The van der Waals surface area contributed by atoms with Crippen molar-refractivity contribution in [2.75, 3.05) is 19.4 Å². The minimum Gasteiger partial charge on any atom is -0.408 e. The molecule has 0 atom stereocenters. The molecule has 7 nitrogen and oxygen atoms in total. The van der Waals surface area contributed by atoms with E-state index in [1.54, 1.807) is 25.2 Å². The molecule has 96 valence electrons. The van der Waals surface area contributed by atoms with Gasteiger partial charge in [-0.1, -0.05) is 5.10 Å². The van der Waals surface area contributed by atoms with Crippen molar-refractivity contribution in [3.63, 3.8) is 0 Å². The van der Waals surface area contributed by atoms with Crippen molar-refractivity contribution < 1.29 is 9.21 Å². The van der Waals surface area contributed by atoms with Crippen LogP contribution >= 0.6 is 0 Å². The third-order valence-electron chi connectivity index (χ3n) is 2.37. The van der Waals surface area contributed by atoms with Crippen LogP contribution in [-0.4, -0.2) is 41.8 Å². The zero-order chi connectivity index (χ0) is 13.1. The van der Waals surface area contributed by atoms with E-state index in [2.05, 4.69) is 27.2 Å². The molecule has 18 heavy (non-hydrogen) atoms. The molecule has 1 aromatic rings. The number of nitrogens with one attached hydrogen (secondary N) is 1. The fourth-order valence-electron chi connectivity index (χ4n) is 1.36. The lowest BCUT2D eigenvalue weighted by Gasteiger charge is -2.06.